The van der Waals surface area contributed by atoms with Crippen molar-refractivity contribution in [3.05, 3.63) is 30.1 Å². The molecular formula is C11H13FN2O4S. The Bertz CT molecular complexity index is 573. The molecule has 1 aromatic carbocycles. The molecule has 0 aliphatic carbocycles. The minimum atomic E-state index is -3.89. The highest BCUT2D eigenvalue weighted by molar-refractivity contribution is 7.89. The second kappa shape index (κ2) is 5.24. The summed E-state index contributed by atoms with van der Waals surface area (Å²) in [7, 11) is -3.89. The highest BCUT2D eigenvalue weighted by Crippen LogP contribution is 2.20. The molecule has 1 aromatic rings. The summed E-state index contributed by atoms with van der Waals surface area (Å²) in [6.45, 7) is 0.146. The Morgan fingerprint density at radius 1 is 1.37 bits per heavy atom. The van der Waals surface area contributed by atoms with Crippen LogP contribution in [0.5, 0.6) is 0 Å². The Kier molecular flexibility index (Phi) is 3.83. The molecule has 104 valence electrons. The molecule has 1 saturated heterocycles. The number of amides is 1. The van der Waals surface area contributed by atoms with E-state index in [4.69, 9.17) is 10.5 Å². The SMILES string of the molecule is NC(=O)[C@H]1COCCN1S(=O)(=O)c1ccc(F)cc1. The number of ether oxygens (including phenoxy) is 1. The highest BCUT2D eigenvalue weighted by Gasteiger charge is 2.37. The summed E-state index contributed by atoms with van der Waals surface area (Å²) in [4.78, 5) is 11.2. The smallest absolute Gasteiger partial charge is 0.243 e. The average molecular weight is 288 g/mol. The summed E-state index contributed by atoms with van der Waals surface area (Å²) in [6.07, 6.45) is 0. The van der Waals surface area contributed by atoms with Crippen LogP contribution < -0.4 is 5.73 Å². The van der Waals surface area contributed by atoms with Crippen molar-refractivity contribution in [3.63, 3.8) is 0 Å². The van der Waals surface area contributed by atoms with Gasteiger partial charge in [0.2, 0.25) is 15.9 Å². The van der Waals surface area contributed by atoms with Crippen molar-refractivity contribution in [3.8, 4) is 0 Å². The number of carbonyl (C=O) groups is 1. The molecule has 1 aliphatic rings. The number of benzene rings is 1. The maximum atomic E-state index is 12.8. The molecule has 6 nitrogen and oxygen atoms in total. The Hall–Kier alpha value is -1.51. The number of nitrogens with zero attached hydrogens (tertiary/aromatic N) is 1. The van der Waals surface area contributed by atoms with Crippen LogP contribution in [-0.4, -0.2) is 44.4 Å². The van der Waals surface area contributed by atoms with Crippen molar-refractivity contribution >= 4 is 15.9 Å². The van der Waals surface area contributed by atoms with Gasteiger partial charge in [-0.05, 0) is 24.3 Å². The summed E-state index contributed by atoms with van der Waals surface area (Å²) in [6, 6.07) is 3.36. The molecule has 1 fully saturated rings. The van der Waals surface area contributed by atoms with Crippen LogP contribution >= 0.6 is 0 Å². The lowest BCUT2D eigenvalue weighted by atomic mass is 10.3. The van der Waals surface area contributed by atoms with Crippen LogP contribution in [0.4, 0.5) is 4.39 Å². The summed E-state index contributed by atoms with van der Waals surface area (Å²) in [5.74, 6) is -1.31. The number of carbonyl (C=O) groups excluding carboxylic acids is 1. The fraction of sp³-hybridized carbons (Fsp3) is 0.364. The minimum absolute atomic E-state index is 0.0350. The van der Waals surface area contributed by atoms with E-state index in [1.54, 1.807) is 0 Å². The number of nitrogens with two attached hydrogens (primary N) is 1. The fourth-order valence-electron chi connectivity index (χ4n) is 1.84. The Morgan fingerprint density at radius 2 is 2.00 bits per heavy atom. The molecule has 0 bridgehead atoms. The van der Waals surface area contributed by atoms with E-state index in [0.29, 0.717) is 0 Å². The van der Waals surface area contributed by atoms with Gasteiger partial charge in [0, 0.05) is 6.54 Å². The van der Waals surface area contributed by atoms with Crippen LogP contribution in [0, 0.1) is 5.82 Å². The first-order valence-corrected chi connectivity index (χ1v) is 7.01. The third kappa shape index (κ3) is 2.75. The summed E-state index contributed by atoms with van der Waals surface area (Å²) in [5.41, 5.74) is 5.17. The fourth-order valence-corrected chi connectivity index (χ4v) is 3.41. The van der Waals surface area contributed by atoms with Gasteiger partial charge in [-0.2, -0.15) is 4.31 Å². The van der Waals surface area contributed by atoms with Gasteiger partial charge >= 0.3 is 0 Å². The molecule has 0 aromatic heterocycles. The van der Waals surface area contributed by atoms with Gasteiger partial charge in [-0.3, -0.25) is 4.79 Å². The number of primary amides is 1. The van der Waals surface area contributed by atoms with Crippen molar-refractivity contribution in [2.45, 2.75) is 10.9 Å². The van der Waals surface area contributed by atoms with Crippen molar-refractivity contribution < 1.29 is 22.3 Å². The van der Waals surface area contributed by atoms with Gasteiger partial charge in [0.05, 0.1) is 18.1 Å². The molecule has 2 N–H and O–H groups in total. The zero-order valence-corrected chi connectivity index (χ0v) is 10.8. The van der Waals surface area contributed by atoms with Gasteiger partial charge in [0.25, 0.3) is 0 Å². The molecule has 1 atom stereocenters. The molecule has 0 spiro atoms. The van der Waals surface area contributed by atoms with Gasteiger partial charge in [-0.15, -0.1) is 0 Å². The largest absolute Gasteiger partial charge is 0.378 e. The second-order valence-corrected chi connectivity index (χ2v) is 5.95. The maximum Gasteiger partial charge on any atom is 0.243 e. The van der Waals surface area contributed by atoms with Crippen LogP contribution in [0.3, 0.4) is 0 Å². The quantitative estimate of drug-likeness (QED) is 0.827. The predicted octanol–water partition coefficient (Wildman–Crippen LogP) is -0.299. The lowest BCUT2D eigenvalue weighted by molar-refractivity contribution is -0.125. The maximum absolute atomic E-state index is 12.8. The normalized spacial score (nSPS) is 21.2. The van der Waals surface area contributed by atoms with Crippen LogP contribution in [0.25, 0.3) is 0 Å². The first-order valence-electron chi connectivity index (χ1n) is 5.57. The average Bonchev–Trinajstić information content (AvgIpc) is 2.39. The topological polar surface area (TPSA) is 89.7 Å². The van der Waals surface area contributed by atoms with Crippen molar-refractivity contribution in [1.29, 1.82) is 0 Å². The van der Waals surface area contributed by atoms with E-state index >= 15 is 0 Å². The zero-order chi connectivity index (χ0) is 14.0. The molecule has 1 amide bonds. The zero-order valence-electron chi connectivity index (χ0n) is 9.95. The molecule has 2 rings (SSSR count). The summed E-state index contributed by atoms with van der Waals surface area (Å²) >= 11 is 0. The van der Waals surface area contributed by atoms with Crippen LogP contribution in [0.15, 0.2) is 29.2 Å². The van der Waals surface area contributed by atoms with Crippen molar-refractivity contribution in [2.24, 2.45) is 5.73 Å². The van der Waals surface area contributed by atoms with E-state index in [1.807, 2.05) is 0 Å². The van der Waals surface area contributed by atoms with E-state index in [1.165, 1.54) is 0 Å². The second-order valence-electron chi connectivity index (χ2n) is 4.06. The first-order chi connectivity index (χ1) is 8.93. The summed E-state index contributed by atoms with van der Waals surface area (Å²) in [5, 5.41) is 0. The number of hydrogen-bond donors (Lipinski definition) is 1. The molecule has 0 saturated carbocycles. The predicted molar refractivity (Wildman–Crippen MR) is 64.1 cm³/mol. The lowest BCUT2D eigenvalue weighted by Gasteiger charge is -2.32. The number of halogens is 1. The monoisotopic (exact) mass is 288 g/mol. The molecule has 0 unspecified atom stereocenters. The number of sulfonamides is 1. The molecule has 1 heterocycles. The Labute approximate surface area is 110 Å². The van der Waals surface area contributed by atoms with Gasteiger partial charge in [0.15, 0.2) is 0 Å². The van der Waals surface area contributed by atoms with Crippen LogP contribution in [0.1, 0.15) is 0 Å². The molecule has 8 heteroatoms. The van der Waals surface area contributed by atoms with E-state index in [-0.39, 0.29) is 24.7 Å². The minimum Gasteiger partial charge on any atom is -0.378 e. The van der Waals surface area contributed by atoms with Crippen molar-refractivity contribution in [2.75, 3.05) is 19.8 Å². The van der Waals surface area contributed by atoms with Gasteiger partial charge < -0.3 is 10.5 Å². The van der Waals surface area contributed by atoms with Gasteiger partial charge in [-0.25, -0.2) is 12.8 Å². The number of morpholine rings is 1. The van der Waals surface area contributed by atoms with Crippen LogP contribution in [-0.2, 0) is 19.6 Å². The highest BCUT2D eigenvalue weighted by atomic mass is 32.2. The standard InChI is InChI=1S/C11H13FN2O4S/c12-8-1-3-9(4-2-8)19(16,17)14-5-6-18-7-10(14)11(13)15/h1-4,10H,5-7H2,(H2,13,15)/t10-/m1/s1. The molecule has 19 heavy (non-hydrogen) atoms. The summed E-state index contributed by atoms with van der Waals surface area (Å²) < 4.78 is 43.6. The number of rotatable bonds is 3. The molecule has 1 aliphatic heterocycles. The third-order valence-corrected chi connectivity index (χ3v) is 4.75. The lowest BCUT2D eigenvalue weighted by Crippen LogP contribution is -2.54. The number of hydrogen-bond acceptors (Lipinski definition) is 4. The van der Waals surface area contributed by atoms with E-state index < -0.39 is 27.8 Å². The van der Waals surface area contributed by atoms with Crippen molar-refractivity contribution in [1.82, 2.24) is 4.31 Å². The Balaban J connectivity index is 2.37. The Morgan fingerprint density at radius 3 is 2.58 bits per heavy atom. The third-order valence-electron chi connectivity index (χ3n) is 2.83. The van der Waals surface area contributed by atoms with Gasteiger partial charge in [-0.1, -0.05) is 0 Å². The van der Waals surface area contributed by atoms with Crippen LogP contribution in [0.2, 0.25) is 0 Å². The van der Waals surface area contributed by atoms with E-state index in [0.717, 1.165) is 28.6 Å². The molecule has 0 radical (unpaired) electrons. The van der Waals surface area contributed by atoms with Gasteiger partial charge in [0.1, 0.15) is 11.9 Å². The van der Waals surface area contributed by atoms with E-state index in [2.05, 4.69) is 0 Å². The van der Waals surface area contributed by atoms with E-state index in [9.17, 15) is 17.6 Å². The first kappa shape index (κ1) is 13.9. The molecular weight excluding hydrogens is 275 g/mol.